The first-order chi connectivity index (χ1) is 28.6. The van der Waals surface area contributed by atoms with E-state index in [1.165, 1.54) is 19.1 Å². The third kappa shape index (κ3) is 10.3. The molecule has 0 radical (unpaired) electrons. The number of aryl methyl sites for hydroxylation is 1. The zero-order chi connectivity index (χ0) is 45.0. The van der Waals surface area contributed by atoms with Gasteiger partial charge in [0.25, 0.3) is 35.9 Å². The summed E-state index contributed by atoms with van der Waals surface area (Å²) in [7, 11) is -15.3. The zero-order valence-electron chi connectivity index (χ0n) is 31.3. The van der Waals surface area contributed by atoms with Gasteiger partial charge in [0, 0.05) is 30.8 Å². The van der Waals surface area contributed by atoms with Crippen LogP contribution in [0.25, 0.3) is 10.8 Å². The first-order valence-corrected chi connectivity index (χ1v) is 21.3. The highest BCUT2D eigenvalue weighted by molar-refractivity contribution is 7.86. The molecule has 0 unspecified atom stereocenters. The second-order valence-electron chi connectivity index (χ2n) is 12.3. The number of aliphatic hydroxyl groups is 2. The molecule has 324 valence electrons. The second-order valence-corrected chi connectivity index (χ2v) is 16.5. The van der Waals surface area contributed by atoms with Crippen LogP contribution in [-0.4, -0.2) is 95.4 Å². The van der Waals surface area contributed by atoms with E-state index in [1.54, 1.807) is 6.92 Å². The van der Waals surface area contributed by atoms with E-state index in [-0.39, 0.29) is 53.0 Å². The number of hydrogen-bond acceptors (Lipinski definition) is 20. The number of azo groups is 3. The third-order valence-corrected chi connectivity index (χ3v) is 10.8. The molecule has 0 spiro atoms. The van der Waals surface area contributed by atoms with Crippen LogP contribution < -0.4 is 15.0 Å². The quantitative estimate of drug-likeness (QED) is 0.0467. The van der Waals surface area contributed by atoms with Crippen LogP contribution >= 0.6 is 0 Å². The van der Waals surface area contributed by atoms with E-state index < -0.39 is 110 Å². The highest BCUT2D eigenvalue weighted by Crippen LogP contribution is 2.47. The smallest absolute Gasteiger partial charge is 0.296 e. The highest BCUT2D eigenvalue weighted by atomic mass is 32.2. The number of aromatic hydroxyl groups is 3. The summed E-state index contributed by atoms with van der Waals surface area (Å²) in [5.74, 6) is -3.12. The lowest BCUT2D eigenvalue weighted by molar-refractivity contribution is 0.198. The molecule has 0 aliphatic rings. The van der Waals surface area contributed by atoms with Crippen LogP contribution in [0.3, 0.4) is 0 Å². The van der Waals surface area contributed by atoms with E-state index in [0.717, 1.165) is 28.8 Å². The van der Waals surface area contributed by atoms with Crippen molar-refractivity contribution in [2.45, 2.75) is 35.1 Å². The summed E-state index contributed by atoms with van der Waals surface area (Å²) >= 11 is 0. The largest absolute Gasteiger partial charge is 0.507 e. The molecule has 0 saturated carbocycles. The molecule has 1 aromatic heterocycles. The molecule has 0 fully saturated rings. The Morgan fingerprint density at radius 2 is 1.20 bits per heavy atom. The van der Waals surface area contributed by atoms with Crippen molar-refractivity contribution < 1.29 is 73.9 Å². The van der Waals surface area contributed by atoms with Crippen LogP contribution in [0.15, 0.2) is 105 Å². The minimum absolute atomic E-state index is 0.0830. The maximum atomic E-state index is 12.5. The van der Waals surface area contributed by atoms with Crippen molar-refractivity contribution in [3.05, 3.63) is 70.5 Å². The number of aliphatic hydroxyl groups excluding tert-OH is 2. The van der Waals surface area contributed by atoms with Gasteiger partial charge >= 0.3 is 0 Å². The van der Waals surface area contributed by atoms with Gasteiger partial charge in [-0.2, -0.15) is 30.4 Å². The summed E-state index contributed by atoms with van der Waals surface area (Å²) < 4.78 is 115. The SMILES string of the molecule is CCn1c(O)c(/N=N/c2ccc(/N=N/c3cc(OCCO)c(/N=N/c4c(S(=O)(=O)O)cc5cc(S(=O)(=O)O)cc(O)c5c4O)cc3OCCO)c(S(=O)(=O)O)c2)c(C)cc1=O. The standard InChI is InChI=1S/C34H33N7O17S3/c1-3-41-29(45)10-17(2)31(34(41)47)39-35-19-4-5-21(27(13-19)60(51,52)53)36-37-22-15-26(58-9-7-43)23(16-25(22)57-8-6-42)38-40-32-28(61(54,55)56)12-18-11-20(59(48,49)50)14-24(44)30(18)33(32)46/h4-5,10-16,42-44,46-47H,3,6-9H2,1-2H3,(H,48,49,50)(H,51,52,53)(H,54,55,56)/b37-36+,39-35+,40-38+. The average Bonchev–Trinajstić information content (AvgIpc) is 3.17. The normalized spacial score (nSPS) is 12.6. The Bertz CT molecular complexity index is 3040. The molecule has 0 aliphatic carbocycles. The molecule has 8 N–H and O–H groups in total. The van der Waals surface area contributed by atoms with Crippen LogP contribution in [-0.2, 0) is 36.9 Å². The maximum absolute atomic E-state index is 12.5. The molecule has 24 nitrogen and oxygen atoms in total. The number of aromatic nitrogens is 1. The fourth-order valence-electron chi connectivity index (χ4n) is 5.46. The Morgan fingerprint density at radius 1 is 0.639 bits per heavy atom. The molecular weight excluding hydrogens is 875 g/mol. The van der Waals surface area contributed by atoms with Gasteiger partial charge in [-0.05, 0) is 55.1 Å². The molecule has 1 heterocycles. The monoisotopic (exact) mass is 907 g/mol. The minimum atomic E-state index is -5.28. The predicted molar refractivity (Wildman–Crippen MR) is 210 cm³/mol. The van der Waals surface area contributed by atoms with Gasteiger partial charge in [-0.3, -0.25) is 23.0 Å². The van der Waals surface area contributed by atoms with Crippen LogP contribution in [0.5, 0.6) is 28.9 Å². The molecule has 0 atom stereocenters. The predicted octanol–water partition coefficient (Wildman–Crippen LogP) is 5.18. The lowest BCUT2D eigenvalue weighted by atomic mass is 10.1. The summed E-state index contributed by atoms with van der Waals surface area (Å²) in [6, 6.07) is 8.42. The fraction of sp³-hybridized carbons (Fsp3) is 0.206. The van der Waals surface area contributed by atoms with Crippen molar-refractivity contribution in [1.29, 1.82) is 0 Å². The van der Waals surface area contributed by atoms with Crippen LogP contribution in [0.2, 0.25) is 0 Å². The van der Waals surface area contributed by atoms with Gasteiger partial charge in [0.05, 0.1) is 29.2 Å². The number of phenolic OH excluding ortho intramolecular Hbond substituents is 2. The molecule has 0 saturated heterocycles. The van der Waals surface area contributed by atoms with Crippen molar-refractivity contribution in [3.63, 3.8) is 0 Å². The number of hydrogen-bond donors (Lipinski definition) is 8. The molecular formula is C34H33N7O17S3. The maximum Gasteiger partial charge on any atom is 0.296 e. The van der Waals surface area contributed by atoms with E-state index in [1.807, 2.05) is 0 Å². The first-order valence-electron chi connectivity index (χ1n) is 17.0. The average molecular weight is 908 g/mol. The van der Waals surface area contributed by atoms with E-state index in [0.29, 0.717) is 18.2 Å². The summed E-state index contributed by atoms with van der Waals surface area (Å²) in [5, 5.41) is 73.4. The van der Waals surface area contributed by atoms with Crippen molar-refractivity contribution in [2.24, 2.45) is 30.7 Å². The molecule has 0 bridgehead atoms. The second kappa shape index (κ2) is 18.0. The van der Waals surface area contributed by atoms with Crippen LogP contribution in [0, 0.1) is 6.92 Å². The number of phenols is 2. The Labute approximate surface area is 344 Å². The number of fused-ring (bicyclic) bond motifs is 1. The fourth-order valence-corrected chi connectivity index (χ4v) is 7.30. The Balaban J connectivity index is 1.62. The molecule has 0 aliphatic heterocycles. The van der Waals surface area contributed by atoms with Crippen LogP contribution in [0.1, 0.15) is 12.5 Å². The topological polar surface area (TPSA) is 379 Å². The Hall–Kier alpha value is -6.46. The van der Waals surface area contributed by atoms with Crippen molar-refractivity contribution in [3.8, 4) is 28.9 Å². The highest BCUT2D eigenvalue weighted by Gasteiger charge is 2.26. The molecule has 27 heteroatoms. The minimum Gasteiger partial charge on any atom is -0.507 e. The Morgan fingerprint density at radius 3 is 1.74 bits per heavy atom. The van der Waals surface area contributed by atoms with E-state index >= 15 is 0 Å². The third-order valence-electron chi connectivity index (χ3n) is 8.19. The van der Waals surface area contributed by atoms with E-state index in [9.17, 15) is 69.2 Å². The first kappa shape index (κ1) is 45.6. The summed E-state index contributed by atoms with van der Waals surface area (Å²) in [6.45, 7) is 1.30. The number of pyridine rings is 1. The number of nitrogens with zero attached hydrogens (tertiary/aromatic N) is 7. The van der Waals surface area contributed by atoms with Gasteiger partial charge in [0.1, 0.15) is 68.7 Å². The molecule has 61 heavy (non-hydrogen) atoms. The van der Waals surface area contributed by atoms with E-state index in [4.69, 9.17) is 9.47 Å². The van der Waals surface area contributed by atoms with Gasteiger partial charge in [0.2, 0.25) is 5.88 Å². The van der Waals surface area contributed by atoms with Gasteiger partial charge < -0.3 is 35.0 Å². The van der Waals surface area contributed by atoms with Gasteiger partial charge in [-0.15, -0.1) is 25.6 Å². The van der Waals surface area contributed by atoms with E-state index in [2.05, 4.69) is 30.7 Å². The molecule has 5 aromatic rings. The lowest BCUT2D eigenvalue weighted by Gasteiger charge is -2.13. The number of rotatable bonds is 16. The molecule has 5 rings (SSSR count). The lowest BCUT2D eigenvalue weighted by Crippen LogP contribution is -2.18. The molecule has 0 amide bonds. The summed E-state index contributed by atoms with van der Waals surface area (Å²) in [5.41, 5.74) is -2.49. The van der Waals surface area contributed by atoms with Crippen LogP contribution in [0.4, 0.5) is 34.1 Å². The Kier molecular flexibility index (Phi) is 13.5. The van der Waals surface area contributed by atoms with Gasteiger partial charge in [-0.1, -0.05) is 0 Å². The summed E-state index contributed by atoms with van der Waals surface area (Å²) in [6.07, 6.45) is 0. The van der Waals surface area contributed by atoms with Crippen molar-refractivity contribution in [1.82, 2.24) is 4.57 Å². The molecule has 4 aromatic carbocycles. The van der Waals surface area contributed by atoms with Crippen molar-refractivity contribution in [2.75, 3.05) is 26.4 Å². The number of benzene rings is 4. The van der Waals surface area contributed by atoms with Crippen molar-refractivity contribution >= 4 is 75.3 Å². The zero-order valence-corrected chi connectivity index (χ0v) is 33.8. The number of ether oxygens (including phenoxy) is 2. The van der Waals surface area contributed by atoms with Gasteiger partial charge in [0.15, 0.2) is 5.75 Å². The summed E-state index contributed by atoms with van der Waals surface area (Å²) in [4.78, 5) is 9.33. The van der Waals surface area contributed by atoms with Gasteiger partial charge in [-0.25, -0.2) is 0 Å².